The molecule has 10 nitrogen and oxygen atoms in total. The summed E-state index contributed by atoms with van der Waals surface area (Å²) in [4.78, 5) is 35.2. The first-order valence-corrected chi connectivity index (χ1v) is 16.9. The quantitative estimate of drug-likeness (QED) is 0.235. The predicted molar refractivity (Wildman–Crippen MR) is 191 cm³/mol. The van der Waals surface area contributed by atoms with Crippen LogP contribution in [0.1, 0.15) is 43.2 Å². The summed E-state index contributed by atoms with van der Waals surface area (Å²) in [5.74, 6) is -0.262. The second-order valence-corrected chi connectivity index (χ2v) is 13.1. The van der Waals surface area contributed by atoms with E-state index in [9.17, 15) is 20.0 Å². The molecule has 0 saturated carbocycles. The number of anilines is 2. The van der Waals surface area contributed by atoms with E-state index in [0.717, 1.165) is 48.6 Å². The third kappa shape index (κ3) is 6.17. The number of aryl methyl sites for hydroxylation is 1. The van der Waals surface area contributed by atoms with Crippen LogP contribution in [0.3, 0.4) is 0 Å². The molecule has 2 aliphatic heterocycles. The maximum atomic E-state index is 14.7. The fraction of sp³-hybridized carbons (Fsp3) is 0.275. The molecule has 0 spiro atoms. The zero-order chi connectivity index (χ0) is 34.9. The first kappa shape index (κ1) is 32.9. The Morgan fingerprint density at radius 2 is 1.62 bits per heavy atom. The molecule has 2 aromatic heterocycles. The lowest BCUT2D eigenvalue weighted by atomic mass is 9.92. The topological polar surface area (TPSA) is 107 Å². The summed E-state index contributed by atoms with van der Waals surface area (Å²) in [5.41, 5.74) is 7.16. The Morgan fingerprint density at radius 1 is 0.920 bits per heavy atom. The van der Waals surface area contributed by atoms with Gasteiger partial charge >= 0.3 is 0 Å². The van der Waals surface area contributed by atoms with Gasteiger partial charge < -0.3 is 23.9 Å². The van der Waals surface area contributed by atoms with Crippen LogP contribution >= 0.6 is 0 Å². The molecule has 0 unspecified atom stereocenters. The lowest BCUT2D eigenvalue weighted by molar-refractivity contribution is 0.0193. The third-order valence-corrected chi connectivity index (χ3v) is 10.1. The number of phenols is 1. The number of hydrogen-bond donors (Lipinski definition) is 1. The molecule has 5 aromatic rings. The van der Waals surface area contributed by atoms with Crippen molar-refractivity contribution >= 4 is 23.2 Å². The Kier molecular flexibility index (Phi) is 9.02. The number of nitrogens with zero attached hydrogens (tertiary/aromatic N) is 6. The third-order valence-electron chi connectivity index (χ3n) is 10.1. The van der Waals surface area contributed by atoms with E-state index < -0.39 is 0 Å². The van der Waals surface area contributed by atoms with Crippen molar-refractivity contribution in [3.63, 3.8) is 0 Å². The molecule has 0 aliphatic carbocycles. The van der Waals surface area contributed by atoms with Crippen molar-refractivity contribution in [3.05, 3.63) is 125 Å². The maximum Gasteiger partial charge on any atom is 0.264 e. The van der Waals surface area contributed by atoms with E-state index in [1.807, 2.05) is 59.8 Å². The highest BCUT2D eigenvalue weighted by Crippen LogP contribution is 2.35. The Bertz CT molecular complexity index is 2100. The number of aromatic hydroxyl groups is 1. The molecule has 0 bridgehead atoms. The van der Waals surface area contributed by atoms with Gasteiger partial charge in [0.25, 0.3) is 11.8 Å². The molecule has 0 radical (unpaired) electrons. The molecular weight excluding hydrogens is 628 g/mol. The molecule has 1 atom stereocenters. The van der Waals surface area contributed by atoms with Crippen LogP contribution in [-0.4, -0.2) is 74.7 Å². The molecular formula is C40H40N6O4. The summed E-state index contributed by atoms with van der Waals surface area (Å²) >= 11 is 0. The Morgan fingerprint density at radius 3 is 2.34 bits per heavy atom. The molecule has 2 amide bonds. The van der Waals surface area contributed by atoms with Gasteiger partial charge in [0.15, 0.2) is 0 Å². The SMILES string of the molecule is Cc1c(C(=O)N(c2ccc(O)cc2)c2cc(C#N)n(C)c2)cc(-c2ccccc2C(=O)N2Cc3ccccc3C[C@H]2CN2CCOCC2)n1C. The number of carbonyl (C=O) groups is 2. The van der Waals surface area contributed by atoms with Crippen LogP contribution in [0.4, 0.5) is 11.4 Å². The number of fused-ring (bicyclic) bond motifs is 1. The van der Waals surface area contributed by atoms with Crippen molar-refractivity contribution in [3.8, 4) is 23.1 Å². The van der Waals surface area contributed by atoms with Crippen molar-refractivity contribution < 1.29 is 19.4 Å². The molecule has 2 aliphatic rings. The highest BCUT2D eigenvalue weighted by molar-refractivity contribution is 6.12. The molecule has 4 heterocycles. The number of rotatable bonds is 7. The number of phenolic OH excluding ortho intramolecular Hbond substituents is 1. The van der Waals surface area contributed by atoms with E-state index in [2.05, 4.69) is 29.2 Å². The van der Waals surface area contributed by atoms with Gasteiger partial charge in [0.2, 0.25) is 0 Å². The zero-order valence-electron chi connectivity index (χ0n) is 28.5. The van der Waals surface area contributed by atoms with E-state index in [0.29, 0.717) is 48.0 Å². The lowest BCUT2D eigenvalue weighted by Crippen LogP contribution is -2.52. The molecule has 1 saturated heterocycles. The first-order chi connectivity index (χ1) is 24.2. The van der Waals surface area contributed by atoms with E-state index in [-0.39, 0.29) is 23.6 Å². The molecule has 1 N–H and O–H groups in total. The van der Waals surface area contributed by atoms with Gasteiger partial charge in [0.1, 0.15) is 17.5 Å². The maximum absolute atomic E-state index is 14.7. The molecule has 3 aromatic carbocycles. The van der Waals surface area contributed by atoms with Gasteiger partial charge in [-0.2, -0.15) is 5.26 Å². The van der Waals surface area contributed by atoms with Gasteiger partial charge in [0.05, 0.1) is 24.5 Å². The van der Waals surface area contributed by atoms with Crippen molar-refractivity contribution in [2.45, 2.75) is 25.9 Å². The average Bonchev–Trinajstić information content (AvgIpc) is 3.66. The Balaban J connectivity index is 1.26. The largest absolute Gasteiger partial charge is 0.508 e. The highest BCUT2D eigenvalue weighted by Gasteiger charge is 2.34. The summed E-state index contributed by atoms with van der Waals surface area (Å²) in [5, 5.41) is 19.6. The first-order valence-electron chi connectivity index (χ1n) is 16.9. The normalized spacial score (nSPS) is 16.1. The van der Waals surface area contributed by atoms with Crippen LogP contribution < -0.4 is 4.90 Å². The van der Waals surface area contributed by atoms with Gasteiger partial charge in [-0.3, -0.25) is 19.4 Å². The van der Waals surface area contributed by atoms with Crippen LogP contribution in [-0.2, 0) is 31.8 Å². The van der Waals surface area contributed by atoms with Crippen LogP contribution in [0.25, 0.3) is 11.3 Å². The number of hydrogen-bond acceptors (Lipinski definition) is 6. The van der Waals surface area contributed by atoms with E-state index in [4.69, 9.17) is 4.74 Å². The highest BCUT2D eigenvalue weighted by atomic mass is 16.5. The van der Waals surface area contributed by atoms with Crippen molar-refractivity contribution in [2.24, 2.45) is 14.1 Å². The smallest absolute Gasteiger partial charge is 0.264 e. The standard InChI is InChI=1S/C40H40N6O4/c1-27-37(40(49)46(30-12-14-34(47)15-13-30)33-21-31(23-41)42(2)25-33)22-38(43(27)3)35-10-6-7-11-36(35)39(48)45-24-29-9-5-4-8-28(29)20-32(45)26-44-16-18-50-19-17-44/h4-15,21-22,25,32,47H,16-20,24,26H2,1-3H3/t32-/m0/s1. The van der Waals surface area contributed by atoms with Gasteiger partial charge in [-0.1, -0.05) is 42.5 Å². The molecule has 254 valence electrons. The van der Waals surface area contributed by atoms with Gasteiger partial charge in [-0.05, 0) is 66.9 Å². The second-order valence-electron chi connectivity index (χ2n) is 13.1. The van der Waals surface area contributed by atoms with E-state index in [1.54, 1.807) is 40.9 Å². The average molecular weight is 669 g/mol. The van der Waals surface area contributed by atoms with Crippen LogP contribution in [0.2, 0.25) is 0 Å². The zero-order valence-corrected chi connectivity index (χ0v) is 28.5. The summed E-state index contributed by atoms with van der Waals surface area (Å²) < 4.78 is 9.23. The van der Waals surface area contributed by atoms with Crippen LogP contribution in [0.5, 0.6) is 5.75 Å². The van der Waals surface area contributed by atoms with Gasteiger partial charge in [0, 0.05) is 80.7 Å². The number of carbonyl (C=O) groups excluding carboxylic acids is 2. The fourth-order valence-corrected chi connectivity index (χ4v) is 7.18. The molecule has 50 heavy (non-hydrogen) atoms. The summed E-state index contributed by atoms with van der Waals surface area (Å²) in [6.45, 7) is 6.27. The van der Waals surface area contributed by atoms with Crippen molar-refractivity contribution in [2.75, 3.05) is 37.7 Å². The van der Waals surface area contributed by atoms with Gasteiger partial charge in [-0.25, -0.2) is 0 Å². The summed E-state index contributed by atoms with van der Waals surface area (Å²) in [7, 11) is 3.66. The summed E-state index contributed by atoms with van der Waals surface area (Å²) in [6, 6.07) is 28.1. The lowest BCUT2D eigenvalue weighted by Gasteiger charge is -2.40. The molecule has 10 heteroatoms. The van der Waals surface area contributed by atoms with Crippen molar-refractivity contribution in [1.82, 2.24) is 18.9 Å². The minimum absolute atomic E-state index is 0.00103. The Labute approximate surface area is 291 Å². The van der Waals surface area contributed by atoms with Gasteiger partial charge in [-0.15, -0.1) is 0 Å². The summed E-state index contributed by atoms with van der Waals surface area (Å²) in [6.07, 6.45) is 2.52. The number of amides is 2. The number of ether oxygens (including phenoxy) is 1. The number of aromatic nitrogens is 2. The van der Waals surface area contributed by atoms with E-state index >= 15 is 0 Å². The minimum atomic E-state index is -0.299. The van der Waals surface area contributed by atoms with Crippen molar-refractivity contribution in [1.29, 1.82) is 5.26 Å². The number of morpholine rings is 1. The van der Waals surface area contributed by atoms with Crippen LogP contribution in [0.15, 0.2) is 91.1 Å². The monoisotopic (exact) mass is 668 g/mol. The molecule has 7 rings (SSSR count). The number of nitriles is 1. The Hall–Kier alpha value is -5.63. The second kappa shape index (κ2) is 13.7. The fourth-order valence-electron chi connectivity index (χ4n) is 7.18. The van der Waals surface area contributed by atoms with E-state index in [1.165, 1.54) is 17.7 Å². The number of benzene rings is 3. The van der Waals surface area contributed by atoms with Crippen LogP contribution in [0, 0.1) is 18.3 Å². The predicted octanol–water partition coefficient (Wildman–Crippen LogP) is 5.79. The molecule has 1 fully saturated rings. The minimum Gasteiger partial charge on any atom is -0.508 e.